The Morgan fingerprint density at radius 1 is 1.44 bits per heavy atom. The van der Waals surface area contributed by atoms with Gasteiger partial charge in [-0.2, -0.15) is 0 Å². The van der Waals surface area contributed by atoms with Crippen LogP contribution in [0.3, 0.4) is 0 Å². The lowest BCUT2D eigenvalue weighted by molar-refractivity contribution is 0.0734. The Morgan fingerprint density at radius 3 is 2.94 bits per heavy atom. The molecule has 16 heavy (non-hydrogen) atoms. The Hall–Kier alpha value is -0.860. The maximum Gasteiger partial charge on any atom is 0.0612 e. The largest absolute Gasteiger partial charge is 0.394 e. The minimum absolute atomic E-state index is 0.0102. The molecule has 1 aromatic carbocycles. The van der Waals surface area contributed by atoms with E-state index in [2.05, 4.69) is 43.0 Å². The van der Waals surface area contributed by atoms with Crippen LogP contribution in [0, 0.1) is 6.92 Å². The molecule has 0 aromatic heterocycles. The molecule has 1 heterocycles. The number of hydrogen-bond acceptors (Lipinski definition) is 2. The summed E-state index contributed by atoms with van der Waals surface area (Å²) < 4.78 is 0. The molecule has 88 valence electrons. The molecule has 2 heteroatoms. The van der Waals surface area contributed by atoms with Crippen molar-refractivity contribution in [3.05, 3.63) is 35.4 Å². The van der Waals surface area contributed by atoms with Gasteiger partial charge in [-0.1, -0.05) is 29.8 Å². The fourth-order valence-electron chi connectivity index (χ4n) is 2.56. The maximum absolute atomic E-state index is 9.49. The highest BCUT2D eigenvalue weighted by Gasteiger charge is 2.35. The van der Waals surface area contributed by atoms with Crippen LogP contribution in [0.2, 0.25) is 0 Å². The van der Waals surface area contributed by atoms with E-state index in [1.54, 1.807) is 0 Å². The minimum atomic E-state index is -0.0102. The number of hydrogen-bond donors (Lipinski definition) is 1. The summed E-state index contributed by atoms with van der Waals surface area (Å²) in [4.78, 5) is 2.40. The molecular weight excluding hydrogens is 198 g/mol. The molecule has 1 N–H and O–H groups in total. The summed E-state index contributed by atoms with van der Waals surface area (Å²) in [6.45, 7) is 6.61. The van der Waals surface area contributed by atoms with Crippen LogP contribution in [0.1, 0.15) is 30.9 Å². The molecule has 2 rings (SSSR count). The SMILES string of the molecule is Cc1cccc(CN2CCC[C@@]2(C)CO)c1. The van der Waals surface area contributed by atoms with Crippen LogP contribution in [0.4, 0.5) is 0 Å². The monoisotopic (exact) mass is 219 g/mol. The van der Waals surface area contributed by atoms with Gasteiger partial charge in [-0.3, -0.25) is 4.90 Å². The zero-order chi connectivity index (χ0) is 11.6. The van der Waals surface area contributed by atoms with Gasteiger partial charge in [0.15, 0.2) is 0 Å². The van der Waals surface area contributed by atoms with Crippen LogP contribution < -0.4 is 0 Å². The molecule has 0 radical (unpaired) electrons. The van der Waals surface area contributed by atoms with Crippen LogP contribution in [0.15, 0.2) is 24.3 Å². The van der Waals surface area contributed by atoms with Gasteiger partial charge in [-0.25, -0.2) is 0 Å². The second kappa shape index (κ2) is 4.56. The van der Waals surface area contributed by atoms with Crippen molar-refractivity contribution in [2.45, 2.75) is 38.8 Å². The highest BCUT2D eigenvalue weighted by Crippen LogP contribution is 2.29. The third kappa shape index (κ3) is 2.28. The van der Waals surface area contributed by atoms with E-state index in [4.69, 9.17) is 0 Å². The molecule has 0 saturated carbocycles. The fraction of sp³-hybridized carbons (Fsp3) is 0.571. The second-order valence-electron chi connectivity index (χ2n) is 5.17. The standard InChI is InChI=1S/C14H21NO/c1-12-5-3-6-13(9-12)10-15-8-4-7-14(15,2)11-16/h3,5-6,9,16H,4,7-8,10-11H2,1-2H3/t14-/m0/s1. The summed E-state index contributed by atoms with van der Waals surface area (Å²) in [5.74, 6) is 0. The van der Waals surface area contributed by atoms with Gasteiger partial charge in [-0.05, 0) is 38.8 Å². The fourth-order valence-corrected chi connectivity index (χ4v) is 2.56. The second-order valence-corrected chi connectivity index (χ2v) is 5.17. The first-order valence-electron chi connectivity index (χ1n) is 6.05. The predicted molar refractivity (Wildman–Crippen MR) is 66.3 cm³/mol. The van der Waals surface area contributed by atoms with E-state index in [1.165, 1.54) is 17.5 Å². The Labute approximate surface area is 97.9 Å². The molecule has 0 aliphatic carbocycles. The lowest BCUT2D eigenvalue weighted by atomic mass is 9.99. The molecule has 1 atom stereocenters. The van der Waals surface area contributed by atoms with Crippen LogP contribution in [0.25, 0.3) is 0 Å². The van der Waals surface area contributed by atoms with Gasteiger partial charge < -0.3 is 5.11 Å². The van der Waals surface area contributed by atoms with Crippen LogP contribution in [-0.4, -0.2) is 28.7 Å². The number of aliphatic hydroxyl groups is 1. The third-order valence-corrected chi connectivity index (χ3v) is 3.70. The van der Waals surface area contributed by atoms with Gasteiger partial charge in [0.2, 0.25) is 0 Å². The lowest BCUT2D eigenvalue weighted by Crippen LogP contribution is -2.43. The predicted octanol–water partition coefficient (Wildman–Crippen LogP) is 2.34. The van der Waals surface area contributed by atoms with Gasteiger partial charge in [0.25, 0.3) is 0 Å². The smallest absolute Gasteiger partial charge is 0.0612 e. The number of aryl methyl sites for hydroxylation is 1. The molecule has 0 amide bonds. The first-order chi connectivity index (χ1) is 7.64. The quantitative estimate of drug-likeness (QED) is 0.843. The average Bonchev–Trinajstić information content (AvgIpc) is 2.61. The molecule has 0 unspecified atom stereocenters. The van der Waals surface area contributed by atoms with Crippen molar-refractivity contribution in [2.24, 2.45) is 0 Å². The van der Waals surface area contributed by atoms with Crippen molar-refractivity contribution in [1.82, 2.24) is 4.90 Å². The van der Waals surface area contributed by atoms with E-state index in [0.717, 1.165) is 19.5 Å². The molecule has 1 aliphatic heterocycles. The van der Waals surface area contributed by atoms with Crippen molar-refractivity contribution in [3.63, 3.8) is 0 Å². The number of likely N-dealkylation sites (tertiary alicyclic amines) is 1. The molecule has 1 aliphatic rings. The van der Waals surface area contributed by atoms with Gasteiger partial charge in [0.1, 0.15) is 0 Å². The molecular formula is C14H21NO. The molecule has 1 fully saturated rings. The Bertz CT molecular complexity index is 364. The van der Waals surface area contributed by atoms with Gasteiger partial charge in [-0.15, -0.1) is 0 Å². The number of benzene rings is 1. The van der Waals surface area contributed by atoms with Crippen molar-refractivity contribution >= 4 is 0 Å². The number of aliphatic hydroxyl groups excluding tert-OH is 1. The topological polar surface area (TPSA) is 23.5 Å². The minimum Gasteiger partial charge on any atom is -0.394 e. The van der Waals surface area contributed by atoms with E-state index in [1.807, 2.05) is 0 Å². The van der Waals surface area contributed by atoms with Crippen molar-refractivity contribution in [2.75, 3.05) is 13.2 Å². The van der Waals surface area contributed by atoms with Crippen molar-refractivity contribution < 1.29 is 5.11 Å². The highest BCUT2D eigenvalue weighted by atomic mass is 16.3. The normalized spacial score (nSPS) is 26.2. The molecule has 0 bridgehead atoms. The van der Waals surface area contributed by atoms with E-state index in [-0.39, 0.29) is 12.1 Å². The van der Waals surface area contributed by atoms with Crippen LogP contribution >= 0.6 is 0 Å². The van der Waals surface area contributed by atoms with Crippen LogP contribution in [-0.2, 0) is 6.54 Å². The summed E-state index contributed by atoms with van der Waals surface area (Å²) in [7, 11) is 0. The van der Waals surface area contributed by atoms with E-state index >= 15 is 0 Å². The molecule has 1 aromatic rings. The first-order valence-corrected chi connectivity index (χ1v) is 6.05. The van der Waals surface area contributed by atoms with Crippen molar-refractivity contribution in [3.8, 4) is 0 Å². The van der Waals surface area contributed by atoms with Crippen LogP contribution in [0.5, 0.6) is 0 Å². The van der Waals surface area contributed by atoms with Gasteiger partial charge in [0.05, 0.1) is 6.61 Å². The van der Waals surface area contributed by atoms with Gasteiger partial charge in [0, 0.05) is 12.1 Å². The van der Waals surface area contributed by atoms with E-state index in [9.17, 15) is 5.11 Å². The number of rotatable bonds is 3. The molecule has 1 saturated heterocycles. The van der Waals surface area contributed by atoms with E-state index < -0.39 is 0 Å². The Balaban J connectivity index is 2.10. The number of nitrogens with zero attached hydrogens (tertiary/aromatic N) is 1. The van der Waals surface area contributed by atoms with Gasteiger partial charge >= 0.3 is 0 Å². The summed E-state index contributed by atoms with van der Waals surface area (Å²) in [6, 6.07) is 8.63. The zero-order valence-corrected chi connectivity index (χ0v) is 10.2. The Morgan fingerprint density at radius 2 is 2.25 bits per heavy atom. The summed E-state index contributed by atoms with van der Waals surface area (Å²) in [5.41, 5.74) is 2.65. The summed E-state index contributed by atoms with van der Waals surface area (Å²) in [5, 5.41) is 9.49. The third-order valence-electron chi connectivity index (χ3n) is 3.70. The Kier molecular flexibility index (Phi) is 3.31. The van der Waals surface area contributed by atoms with E-state index in [0.29, 0.717) is 0 Å². The lowest BCUT2D eigenvalue weighted by Gasteiger charge is -2.33. The summed E-state index contributed by atoms with van der Waals surface area (Å²) >= 11 is 0. The highest BCUT2D eigenvalue weighted by molar-refractivity contribution is 5.22. The zero-order valence-electron chi connectivity index (χ0n) is 10.2. The van der Waals surface area contributed by atoms with Crippen molar-refractivity contribution in [1.29, 1.82) is 0 Å². The molecule has 2 nitrogen and oxygen atoms in total. The average molecular weight is 219 g/mol. The molecule has 0 spiro atoms. The summed E-state index contributed by atoms with van der Waals surface area (Å²) in [6.07, 6.45) is 2.30. The maximum atomic E-state index is 9.49. The first kappa shape index (κ1) is 11.6.